The maximum absolute atomic E-state index is 14.1. The summed E-state index contributed by atoms with van der Waals surface area (Å²) >= 11 is 6.39. The number of carbonyl (C=O) groups excluding carboxylic acids is 2. The number of amides is 2. The molecule has 1 aromatic heterocycles. The summed E-state index contributed by atoms with van der Waals surface area (Å²) in [5.41, 5.74) is 4.92. The zero-order chi connectivity index (χ0) is 24.3. The topological polar surface area (TPSA) is 56.4 Å². The second-order valence-corrected chi connectivity index (χ2v) is 10.2. The predicted molar refractivity (Wildman–Crippen MR) is 137 cm³/mol. The Kier molecular flexibility index (Phi) is 5.01. The molecule has 2 aliphatic heterocycles. The Hall–Kier alpha value is -3.57. The van der Waals surface area contributed by atoms with Gasteiger partial charge in [-0.15, -0.1) is 0 Å². The third kappa shape index (κ3) is 3.29. The van der Waals surface area contributed by atoms with Crippen LogP contribution in [0.5, 0.6) is 0 Å². The van der Waals surface area contributed by atoms with Gasteiger partial charge in [-0.1, -0.05) is 77.8 Å². The lowest BCUT2D eigenvalue weighted by molar-refractivity contribution is -0.166. The van der Waals surface area contributed by atoms with Crippen LogP contribution in [-0.4, -0.2) is 39.7 Å². The number of aromatic nitrogens is 1. The van der Waals surface area contributed by atoms with E-state index in [9.17, 15) is 9.59 Å². The molecule has 5 nitrogen and oxygen atoms in total. The summed E-state index contributed by atoms with van der Waals surface area (Å²) in [6, 6.07) is 24.1. The van der Waals surface area contributed by atoms with E-state index in [4.69, 9.17) is 11.6 Å². The van der Waals surface area contributed by atoms with Gasteiger partial charge in [-0.25, -0.2) is 0 Å². The largest absolute Gasteiger partial charge is 0.356 e. The molecular weight excluding hydrogens is 458 g/mol. The number of nitrogens with zero attached hydrogens (tertiary/aromatic N) is 2. The van der Waals surface area contributed by atoms with Crippen LogP contribution in [0, 0.1) is 6.92 Å². The van der Waals surface area contributed by atoms with Crippen LogP contribution >= 0.6 is 11.6 Å². The standard InChI is InChI=1S/C29H26ClN3O2/c1-18-11-13-19(14-12-18)22-16-33-25(34)17-32(15-20-7-3-5-9-23(20)30)28(35)29(33,2)27-26(22)21-8-4-6-10-24(21)31-27/h3-14,22,31H,15-17H2,1-2H3/t22?,29-/m0/s1. The molecule has 2 aliphatic rings. The molecule has 1 unspecified atom stereocenters. The number of piperazine rings is 1. The van der Waals surface area contributed by atoms with Crippen molar-refractivity contribution < 1.29 is 9.59 Å². The molecule has 0 aliphatic carbocycles. The Morgan fingerprint density at radius 1 is 1.00 bits per heavy atom. The Labute approximate surface area is 209 Å². The molecule has 1 fully saturated rings. The minimum atomic E-state index is -1.12. The lowest BCUT2D eigenvalue weighted by Gasteiger charge is -2.51. The van der Waals surface area contributed by atoms with Crippen molar-refractivity contribution in [2.45, 2.75) is 31.8 Å². The summed E-state index contributed by atoms with van der Waals surface area (Å²) < 4.78 is 0. The summed E-state index contributed by atoms with van der Waals surface area (Å²) in [6.45, 7) is 4.74. The van der Waals surface area contributed by atoms with Gasteiger partial charge in [-0.05, 0) is 42.7 Å². The summed E-state index contributed by atoms with van der Waals surface area (Å²) in [4.78, 5) is 34.7. The number of hydrogen-bond donors (Lipinski definition) is 1. The third-order valence-corrected chi connectivity index (χ3v) is 7.98. The van der Waals surface area contributed by atoms with E-state index >= 15 is 0 Å². The fourth-order valence-corrected chi connectivity index (χ4v) is 5.93. The number of hydrogen-bond acceptors (Lipinski definition) is 2. The summed E-state index contributed by atoms with van der Waals surface area (Å²) in [7, 11) is 0. The molecule has 35 heavy (non-hydrogen) atoms. The lowest BCUT2D eigenvalue weighted by atomic mass is 9.76. The van der Waals surface area contributed by atoms with Crippen molar-refractivity contribution in [1.82, 2.24) is 14.8 Å². The second kappa shape index (κ2) is 7.99. The van der Waals surface area contributed by atoms with Gasteiger partial charge in [0.25, 0.3) is 5.91 Å². The van der Waals surface area contributed by atoms with Crippen molar-refractivity contribution in [1.29, 1.82) is 0 Å². The molecule has 6 rings (SSSR count). The van der Waals surface area contributed by atoms with Gasteiger partial charge in [-0.3, -0.25) is 9.59 Å². The van der Waals surface area contributed by atoms with Crippen LogP contribution in [0.15, 0.2) is 72.8 Å². The number of aromatic amines is 1. The van der Waals surface area contributed by atoms with E-state index in [1.165, 1.54) is 5.56 Å². The maximum atomic E-state index is 14.1. The number of carbonyl (C=O) groups is 2. The molecule has 0 bridgehead atoms. The number of H-pyrrole nitrogens is 1. The number of halogens is 1. The molecule has 2 amide bonds. The minimum Gasteiger partial charge on any atom is -0.356 e. The third-order valence-electron chi connectivity index (χ3n) is 7.62. The second-order valence-electron chi connectivity index (χ2n) is 9.75. The summed E-state index contributed by atoms with van der Waals surface area (Å²) in [5.74, 6) is -0.172. The van der Waals surface area contributed by atoms with Gasteiger partial charge in [0.2, 0.25) is 5.91 Å². The Bertz CT molecular complexity index is 1480. The minimum absolute atomic E-state index is 0.0262. The fourth-order valence-electron chi connectivity index (χ4n) is 5.73. The summed E-state index contributed by atoms with van der Waals surface area (Å²) in [5, 5.41) is 1.69. The van der Waals surface area contributed by atoms with Gasteiger partial charge in [0.15, 0.2) is 5.54 Å². The van der Waals surface area contributed by atoms with Crippen LogP contribution in [0.25, 0.3) is 10.9 Å². The van der Waals surface area contributed by atoms with Crippen molar-refractivity contribution in [2.24, 2.45) is 0 Å². The molecule has 6 heteroatoms. The van der Waals surface area contributed by atoms with E-state index in [-0.39, 0.29) is 24.3 Å². The van der Waals surface area contributed by atoms with Crippen LogP contribution in [0.4, 0.5) is 0 Å². The maximum Gasteiger partial charge on any atom is 0.255 e. The smallest absolute Gasteiger partial charge is 0.255 e. The monoisotopic (exact) mass is 483 g/mol. The SMILES string of the molecule is Cc1ccc(C2CN3C(=O)CN(Cc4ccccc4Cl)C(=O)[C@]3(C)c3[nH]c4ccccc4c32)cc1. The van der Waals surface area contributed by atoms with E-state index in [1.54, 1.807) is 9.80 Å². The number of para-hydroxylation sites is 1. The molecule has 0 radical (unpaired) electrons. The number of rotatable bonds is 3. The van der Waals surface area contributed by atoms with Crippen molar-refractivity contribution in [3.63, 3.8) is 0 Å². The first kappa shape index (κ1) is 21.9. The number of benzene rings is 3. The van der Waals surface area contributed by atoms with Crippen LogP contribution in [0.1, 0.15) is 40.8 Å². The first-order valence-corrected chi connectivity index (χ1v) is 12.3. The van der Waals surface area contributed by atoms with Crippen LogP contribution < -0.4 is 0 Å². The zero-order valence-corrected chi connectivity index (χ0v) is 20.5. The van der Waals surface area contributed by atoms with Crippen molar-refractivity contribution in [2.75, 3.05) is 13.1 Å². The Balaban J connectivity index is 1.51. The predicted octanol–water partition coefficient (Wildman–Crippen LogP) is 5.36. The molecule has 2 atom stereocenters. The first-order valence-electron chi connectivity index (χ1n) is 11.9. The summed E-state index contributed by atoms with van der Waals surface area (Å²) in [6.07, 6.45) is 0. The highest BCUT2D eigenvalue weighted by atomic mass is 35.5. The molecule has 1 N–H and O–H groups in total. The molecule has 4 aromatic rings. The van der Waals surface area contributed by atoms with Crippen LogP contribution in [-0.2, 0) is 21.7 Å². The first-order chi connectivity index (χ1) is 16.9. The van der Waals surface area contributed by atoms with Crippen molar-refractivity contribution in [3.05, 3.63) is 106 Å². The number of fused-ring (bicyclic) bond motifs is 5. The number of aryl methyl sites for hydroxylation is 1. The highest BCUT2D eigenvalue weighted by molar-refractivity contribution is 6.31. The molecule has 1 saturated heterocycles. The zero-order valence-electron chi connectivity index (χ0n) is 19.7. The average Bonchev–Trinajstić information content (AvgIpc) is 3.25. The van der Waals surface area contributed by atoms with Gasteiger partial charge >= 0.3 is 0 Å². The number of nitrogens with one attached hydrogen (secondary N) is 1. The molecule has 3 heterocycles. The average molecular weight is 484 g/mol. The van der Waals surface area contributed by atoms with Gasteiger partial charge < -0.3 is 14.8 Å². The normalized spacial score (nSPS) is 21.9. The van der Waals surface area contributed by atoms with E-state index in [0.29, 0.717) is 18.1 Å². The van der Waals surface area contributed by atoms with E-state index < -0.39 is 5.54 Å². The molecule has 0 spiro atoms. The van der Waals surface area contributed by atoms with Crippen LogP contribution in [0.3, 0.4) is 0 Å². The van der Waals surface area contributed by atoms with E-state index in [0.717, 1.165) is 33.3 Å². The highest BCUT2D eigenvalue weighted by Gasteiger charge is 2.56. The van der Waals surface area contributed by atoms with Crippen molar-refractivity contribution >= 4 is 34.3 Å². The quantitative estimate of drug-likeness (QED) is 0.426. The Morgan fingerprint density at radius 3 is 2.49 bits per heavy atom. The van der Waals surface area contributed by atoms with Crippen molar-refractivity contribution in [3.8, 4) is 0 Å². The van der Waals surface area contributed by atoms with Gasteiger partial charge in [0.1, 0.15) is 6.54 Å². The highest BCUT2D eigenvalue weighted by Crippen LogP contribution is 2.48. The molecular formula is C29H26ClN3O2. The molecule has 3 aromatic carbocycles. The Morgan fingerprint density at radius 2 is 1.71 bits per heavy atom. The fraction of sp³-hybridized carbons (Fsp3) is 0.241. The van der Waals surface area contributed by atoms with Gasteiger partial charge in [0, 0.05) is 34.9 Å². The lowest BCUT2D eigenvalue weighted by Crippen LogP contribution is -2.67. The molecule has 176 valence electrons. The van der Waals surface area contributed by atoms with Gasteiger partial charge in [0.05, 0.1) is 5.69 Å². The van der Waals surface area contributed by atoms with E-state index in [1.807, 2.05) is 49.4 Å². The molecule has 0 saturated carbocycles. The van der Waals surface area contributed by atoms with E-state index in [2.05, 4.69) is 42.2 Å². The van der Waals surface area contributed by atoms with Crippen LogP contribution in [0.2, 0.25) is 5.02 Å². The van der Waals surface area contributed by atoms with Gasteiger partial charge in [-0.2, -0.15) is 0 Å².